The van der Waals surface area contributed by atoms with E-state index >= 15 is 0 Å². The van der Waals surface area contributed by atoms with Gasteiger partial charge in [0.1, 0.15) is 6.10 Å². The van der Waals surface area contributed by atoms with E-state index in [9.17, 15) is 19.8 Å². The average Bonchev–Trinajstić information content (AvgIpc) is 3.23. The number of hydrogen-bond acceptors (Lipinski definition) is 5. The van der Waals surface area contributed by atoms with E-state index in [0.717, 1.165) is 83.5 Å². The molecule has 0 saturated carbocycles. The summed E-state index contributed by atoms with van der Waals surface area (Å²) in [7, 11) is 0. The fourth-order valence-electron chi connectivity index (χ4n) is 7.82. The number of aliphatic hydroxyl groups is 2. The molecule has 3 N–H and O–H groups in total. The van der Waals surface area contributed by atoms with Crippen LogP contribution < -0.4 is 5.32 Å². The van der Waals surface area contributed by atoms with Gasteiger partial charge in [-0.3, -0.25) is 9.59 Å². The van der Waals surface area contributed by atoms with Gasteiger partial charge in [-0.25, -0.2) is 0 Å². The Bertz CT molecular complexity index is 977. The topological polar surface area (TPSA) is 95.9 Å². The molecule has 0 fully saturated rings. The van der Waals surface area contributed by atoms with Crippen molar-refractivity contribution in [3.05, 3.63) is 36.5 Å². The molecule has 0 aliphatic rings. The van der Waals surface area contributed by atoms with E-state index in [1.165, 1.54) is 135 Å². The number of aliphatic hydroxyl groups excluding tert-OH is 2. The van der Waals surface area contributed by atoms with Crippen molar-refractivity contribution in [2.24, 2.45) is 0 Å². The predicted molar refractivity (Wildman–Crippen MR) is 255 cm³/mol. The maximum absolute atomic E-state index is 13.2. The maximum atomic E-state index is 13.2. The summed E-state index contributed by atoms with van der Waals surface area (Å²) in [5.74, 6) is -0.491. The van der Waals surface area contributed by atoms with Gasteiger partial charge >= 0.3 is 5.97 Å². The highest BCUT2D eigenvalue weighted by molar-refractivity contribution is 5.77. The standard InChI is InChI=1S/C53H99NO5/c1-4-7-10-13-16-19-22-25-26-27-28-31-34-37-40-43-46-53(58)59-49(44-41-38-35-32-29-23-20-17-14-11-8-5-2)47-52(57)54-50(48-55)51(56)45-42-39-36-33-30-24-21-18-15-12-9-6-3/h8,11,17,20,26-27,49-51,55-56H,4-7,9-10,12-16,18-19,21-25,28-48H2,1-3H3,(H,54,57)/b11-8+,20-17+,27-26+. The van der Waals surface area contributed by atoms with Crippen LogP contribution in [0.15, 0.2) is 36.5 Å². The first-order chi connectivity index (χ1) is 29.0. The third kappa shape index (κ3) is 42.6. The molecule has 59 heavy (non-hydrogen) atoms. The number of rotatable bonds is 46. The van der Waals surface area contributed by atoms with Crippen LogP contribution >= 0.6 is 0 Å². The molecule has 0 aliphatic carbocycles. The maximum Gasteiger partial charge on any atom is 0.306 e. The van der Waals surface area contributed by atoms with E-state index in [0.29, 0.717) is 19.3 Å². The number of unbranched alkanes of at least 4 members (excludes halogenated alkanes) is 28. The molecular weight excluding hydrogens is 731 g/mol. The third-order valence-corrected chi connectivity index (χ3v) is 11.7. The Labute approximate surface area is 366 Å². The van der Waals surface area contributed by atoms with E-state index in [1.807, 2.05) is 0 Å². The highest BCUT2D eigenvalue weighted by atomic mass is 16.5. The number of hydrogen-bond donors (Lipinski definition) is 3. The van der Waals surface area contributed by atoms with Crippen molar-refractivity contribution in [3.63, 3.8) is 0 Å². The second kappa shape index (κ2) is 47.1. The Morgan fingerprint density at radius 3 is 1.39 bits per heavy atom. The first kappa shape index (κ1) is 57.1. The predicted octanol–water partition coefficient (Wildman–Crippen LogP) is 15.3. The molecule has 6 nitrogen and oxygen atoms in total. The molecule has 6 heteroatoms. The van der Waals surface area contributed by atoms with Gasteiger partial charge in [0.25, 0.3) is 0 Å². The lowest BCUT2D eigenvalue weighted by Crippen LogP contribution is -2.46. The summed E-state index contributed by atoms with van der Waals surface area (Å²) in [6.07, 6.45) is 54.9. The van der Waals surface area contributed by atoms with E-state index in [2.05, 4.69) is 62.5 Å². The third-order valence-electron chi connectivity index (χ3n) is 11.7. The molecule has 0 saturated heterocycles. The Hall–Kier alpha value is -1.92. The first-order valence-electron chi connectivity index (χ1n) is 25.7. The van der Waals surface area contributed by atoms with Gasteiger partial charge in [0.05, 0.1) is 25.2 Å². The number of esters is 1. The summed E-state index contributed by atoms with van der Waals surface area (Å²) in [6.45, 7) is 6.37. The number of carbonyl (C=O) groups excluding carboxylic acids is 2. The number of allylic oxidation sites excluding steroid dienone is 6. The van der Waals surface area contributed by atoms with Crippen LogP contribution in [0.25, 0.3) is 0 Å². The Kier molecular flexibility index (Phi) is 45.6. The van der Waals surface area contributed by atoms with Gasteiger partial charge < -0.3 is 20.3 Å². The zero-order valence-corrected chi connectivity index (χ0v) is 39.4. The number of amides is 1. The minimum absolute atomic E-state index is 0.0668. The fourth-order valence-corrected chi connectivity index (χ4v) is 7.82. The molecule has 0 spiro atoms. The highest BCUT2D eigenvalue weighted by Gasteiger charge is 2.24. The molecule has 0 heterocycles. The Morgan fingerprint density at radius 2 is 0.915 bits per heavy atom. The quantitative estimate of drug-likeness (QED) is 0.0323. The summed E-state index contributed by atoms with van der Waals surface area (Å²) in [5.41, 5.74) is 0. The lowest BCUT2D eigenvalue weighted by atomic mass is 10.0. The highest BCUT2D eigenvalue weighted by Crippen LogP contribution is 2.18. The van der Waals surface area contributed by atoms with E-state index in [4.69, 9.17) is 4.74 Å². The van der Waals surface area contributed by atoms with Crippen LogP contribution in [0.4, 0.5) is 0 Å². The van der Waals surface area contributed by atoms with Gasteiger partial charge in [-0.2, -0.15) is 0 Å². The summed E-state index contributed by atoms with van der Waals surface area (Å²) < 4.78 is 5.92. The van der Waals surface area contributed by atoms with Crippen LogP contribution in [0.1, 0.15) is 265 Å². The second-order valence-electron chi connectivity index (χ2n) is 17.5. The van der Waals surface area contributed by atoms with E-state index < -0.39 is 18.2 Å². The van der Waals surface area contributed by atoms with Gasteiger partial charge in [0.2, 0.25) is 5.91 Å². The van der Waals surface area contributed by atoms with Crippen molar-refractivity contribution >= 4 is 11.9 Å². The Balaban J connectivity index is 4.56. The van der Waals surface area contributed by atoms with Crippen molar-refractivity contribution in [3.8, 4) is 0 Å². The average molecular weight is 830 g/mol. The smallest absolute Gasteiger partial charge is 0.306 e. The van der Waals surface area contributed by atoms with Crippen LogP contribution in [0, 0.1) is 0 Å². The van der Waals surface area contributed by atoms with Crippen LogP contribution in [0.3, 0.4) is 0 Å². The molecule has 0 bridgehead atoms. The SMILES string of the molecule is CC/C=C/C/C=C/CCCCCCCC(CC(=O)NC(CO)C(O)CCCCCCCCCCCCCC)OC(=O)CCCCCCC/C=C/CCCCCCCCC. The number of nitrogens with one attached hydrogen (secondary N) is 1. The largest absolute Gasteiger partial charge is 0.462 e. The van der Waals surface area contributed by atoms with Crippen LogP contribution in [-0.4, -0.2) is 46.9 Å². The van der Waals surface area contributed by atoms with Gasteiger partial charge in [0.15, 0.2) is 0 Å². The van der Waals surface area contributed by atoms with E-state index in [-0.39, 0.29) is 24.9 Å². The molecule has 0 aliphatic heterocycles. The first-order valence-corrected chi connectivity index (χ1v) is 25.7. The molecule has 0 radical (unpaired) electrons. The van der Waals surface area contributed by atoms with Crippen LogP contribution in [-0.2, 0) is 14.3 Å². The van der Waals surface area contributed by atoms with E-state index in [1.54, 1.807) is 0 Å². The van der Waals surface area contributed by atoms with Crippen LogP contribution in [0.5, 0.6) is 0 Å². The molecule has 3 unspecified atom stereocenters. The zero-order chi connectivity index (χ0) is 43.1. The molecule has 346 valence electrons. The van der Waals surface area contributed by atoms with Gasteiger partial charge in [0, 0.05) is 6.42 Å². The second-order valence-corrected chi connectivity index (χ2v) is 17.5. The van der Waals surface area contributed by atoms with Crippen molar-refractivity contribution < 1.29 is 24.5 Å². The molecule has 1 amide bonds. The zero-order valence-electron chi connectivity index (χ0n) is 39.4. The van der Waals surface area contributed by atoms with Gasteiger partial charge in [-0.1, -0.05) is 211 Å². The molecule has 0 aromatic rings. The normalized spacial score (nSPS) is 13.5. The molecule has 0 aromatic heterocycles. The molecular formula is C53H99NO5. The van der Waals surface area contributed by atoms with Crippen molar-refractivity contribution in [1.82, 2.24) is 5.32 Å². The lowest BCUT2D eigenvalue weighted by molar-refractivity contribution is -0.151. The van der Waals surface area contributed by atoms with Gasteiger partial charge in [-0.05, 0) is 77.0 Å². The summed E-state index contributed by atoms with van der Waals surface area (Å²) in [5, 5.41) is 23.7. The number of ether oxygens (including phenoxy) is 1. The summed E-state index contributed by atoms with van der Waals surface area (Å²) in [6, 6.07) is -0.705. The minimum atomic E-state index is -0.790. The lowest BCUT2D eigenvalue weighted by Gasteiger charge is -2.24. The van der Waals surface area contributed by atoms with Crippen molar-refractivity contribution in [1.29, 1.82) is 0 Å². The van der Waals surface area contributed by atoms with Crippen LogP contribution in [0.2, 0.25) is 0 Å². The minimum Gasteiger partial charge on any atom is -0.462 e. The number of carbonyl (C=O) groups is 2. The van der Waals surface area contributed by atoms with Crippen molar-refractivity contribution in [2.45, 2.75) is 283 Å². The molecule has 0 aromatic carbocycles. The van der Waals surface area contributed by atoms with Crippen molar-refractivity contribution in [2.75, 3.05) is 6.61 Å². The molecule has 3 atom stereocenters. The monoisotopic (exact) mass is 830 g/mol. The van der Waals surface area contributed by atoms with Gasteiger partial charge in [-0.15, -0.1) is 0 Å². The molecule has 0 rings (SSSR count). The summed E-state index contributed by atoms with van der Waals surface area (Å²) >= 11 is 0. The fraction of sp³-hybridized carbons (Fsp3) is 0.849. The Morgan fingerprint density at radius 1 is 0.508 bits per heavy atom. The summed E-state index contributed by atoms with van der Waals surface area (Å²) in [4.78, 5) is 26.1.